The Kier molecular flexibility index (Phi) is 5.30. The van der Waals surface area contributed by atoms with Crippen LogP contribution in [-0.2, 0) is 11.2 Å². The number of hydrogen-bond acceptors (Lipinski definition) is 5. The Labute approximate surface area is 148 Å². The van der Waals surface area contributed by atoms with Crippen LogP contribution in [0.5, 0.6) is 0 Å². The Morgan fingerprint density at radius 1 is 1.19 bits per heavy atom. The average Bonchev–Trinajstić information content (AvgIpc) is 2.99. The second-order valence-corrected chi connectivity index (χ2v) is 6.38. The van der Waals surface area contributed by atoms with Gasteiger partial charge in [-0.15, -0.1) is 0 Å². The molecule has 1 aliphatic rings. The minimum Gasteiger partial charge on any atom is -0.382 e. The summed E-state index contributed by atoms with van der Waals surface area (Å²) in [5, 5.41) is 4.20. The van der Waals surface area contributed by atoms with Gasteiger partial charge in [-0.05, 0) is 31.5 Å². The van der Waals surface area contributed by atoms with Crippen molar-refractivity contribution in [2.45, 2.75) is 25.4 Å². The maximum atomic E-state index is 12.3. The number of anilines is 1. The van der Waals surface area contributed by atoms with Crippen LogP contribution < -0.4 is 5.73 Å². The number of amides is 1. The van der Waals surface area contributed by atoms with Gasteiger partial charge in [0.25, 0.3) is 0 Å². The monoisotopic (exact) mass is 370 g/mol. The number of carbonyl (C=O) groups excluding carboxylic acids is 1. The Hall–Kier alpha value is -2.36. The number of alkyl halides is 3. The molecule has 2 aromatic heterocycles. The van der Waals surface area contributed by atoms with Crippen LogP contribution in [0, 0.1) is 0 Å². The predicted molar refractivity (Wildman–Crippen MR) is 89.4 cm³/mol. The van der Waals surface area contributed by atoms with Gasteiger partial charge >= 0.3 is 6.18 Å². The van der Waals surface area contributed by atoms with Crippen LogP contribution >= 0.6 is 0 Å². The molecule has 0 unspecified atom stereocenters. The maximum Gasteiger partial charge on any atom is 0.397 e. The van der Waals surface area contributed by atoms with Gasteiger partial charge in [-0.3, -0.25) is 9.69 Å². The molecule has 3 heterocycles. The molecular weight excluding hydrogens is 349 g/mol. The minimum absolute atomic E-state index is 0.340. The fourth-order valence-electron chi connectivity index (χ4n) is 3.18. The van der Waals surface area contributed by atoms with E-state index in [-0.39, 0.29) is 0 Å². The Morgan fingerprint density at radius 3 is 2.62 bits per heavy atom. The van der Waals surface area contributed by atoms with Crippen LogP contribution in [0.1, 0.15) is 18.5 Å². The number of aromatic nitrogens is 3. The molecule has 3 rings (SSSR count). The number of nitrogens with zero attached hydrogens (tertiary/aromatic N) is 5. The lowest BCUT2D eigenvalue weighted by Gasteiger charge is -2.34. The van der Waals surface area contributed by atoms with Crippen molar-refractivity contribution in [2.75, 3.05) is 38.5 Å². The highest BCUT2D eigenvalue weighted by molar-refractivity contribution is 5.77. The van der Waals surface area contributed by atoms with E-state index in [9.17, 15) is 18.0 Å². The van der Waals surface area contributed by atoms with Crippen molar-refractivity contribution in [1.82, 2.24) is 24.4 Å². The second kappa shape index (κ2) is 7.48. The molecule has 1 fully saturated rings. The molecule has 10 heteroatoms. The van der Waals surface area contributed by atoms with Gasteiger partial charge in [-0.25, -0.2) is 9.50 Å². The molecular formula is C16H21F3N6O. The van der Waals surface area contributed by atoms with E-state index in [2.05, 4.69) is 15.0 Å². The second-order valence-electron chi connectivity index (χ2n) is 6.38. The van der Waals surface area contributed by atoms with Crippen LogP contribution in [0.3, 0.4) is 0 Å². The van der Waals surface area contributed by atoms with E-state index in [1.807, 2.05) is 12.1 Å². The summed E-state index contributed by atoms with van der Waals surface area (Å²) in [6.07, 6.45) is -2.71. The van der Waals surface area contributed by atoms with E-state index in [0.29, 0.717) is 32.0 Å². The zero-order chi connectivity index (χ0) is 18.7. The molecule has 0 aromatic carbocycles. The standard InChI is InChI=1S/C16H21F3N6O/c17-16(18,19)10-14(26)24-8-6-23(7-9-24)5-1-2-12-3-4-13-15(20)21-11-22-25(12)13/h3-4,11H,1-2,5-10H2,(H2,20,21,22). The van der Waals surface area contributed by atoms with Gasteiger partial charge in [0.05, 0.1) is 0 Å². The number of nitrogens with two attached hydrogens (primary N) is 1. The molecule has 1 aliphatic heterocycles. The maximum absolute atomic E-state index is 12.3. The van der Waals surface area contributed by atoms with Crippen molar-refractivity contribution in [3.8, 4) is 0 Å². The molecule has 0 spiro atoms. The first-order valence-corrected chi connectivity index (χ1v) is 8.47. The zero-order valence-corrected chi connectivity index (χ0v) is 14.2. The quantitative estimate of drug-likeness (QED) is 0.859. The van der Waals surface area contributed by atoms with Crippen LogP contribution in [0.15, 0.2) is 18.5 Å². The molecule has 0 saturated carbocycles. The SMILES string of the molecule is Nc1ncnn2c(CCCN3CCN(C(=O)CC(F)(F)F)CC3)ccc12. The lowest BCUT2D eigenvalue weighted by atomic mass is 10.2. The topological polar surface area (TPSA) is 79.8 Å². The number of hydrogen-bond donors (Lipinski definition) is 1. The van der Waals surface area contributed by atoms with Gasteiger partial charge in [-0.1, -0.05) is 0 Å². The summed E-state index contributed by atoms with van der Waals surface area (Å²) in [7, 11) is 0. The summed E-state index contributed by atoms with van der Waals surface area (Å²) < 4.78 is 38.7. The van der Waals surface area contributed by atoms with E-state index in [1.165, 1.54) is 11.2 Å². The highest BCUT2D eigenvalue weighted by atomic mass is 19.4. The highest BCUT2D eigenvalue weighted by Gasteiger charge is 2.34. The van der Waals surface area contributed by atoms with Crippen molar-refractivity contribution in [1.29, 1.82) is 0 Å². The van der Waals surface area contributed by atoms with Gasteiger partial charge in [-0.2, -0.15) is 18.3 Å². The van der Waals surface area contributed by atoms with Crippen molar-refractivity contribution in [3.05, 3.63) is 24.2 Å². The Bertz CT molecular complexity index is 767. The first-order chi connectivity index (χ1) is 12.3. The largest absolute Gasteiger partial charge is 0.397 e. The Morgan fingerprint density at radius 2 is 1.92 bits per heavy atom. The van der Waals surface area contributed by atoms with Crippen LogP contribution in [0.4, 0.5) is 19.0 Å². The zero-order valence-electron chi connectivity index (χ0n) is 14.2. The lowest BCUT2D eigenvalue weighted by molar-refractivity contribution is -0.162. The summed E-state index contributed by atoms with van der Waals surface area (Å²) in [5.41, 5.74) is 7.62. The van der Waals surface area contributed by atoms with Crippen LogP contribution in [-0.4, -0.2) is 69.2 Å². The summed E-state index contributed by atoms with van der Waals surface area (Å²) in [6.45, 7) is 2.68. The van der Waals surface area contributed by atoms with Crippen molar-refractivity contribution in [2.24, 2.45) is 0 Å². The third kappa shape index (κ3) is 4.43. The smallest absolute Gasteiger partial charge is 0.382 e. The molecule has 0 radical (unpaired) electrons. The molecule has 7 nitrogen and oxygen atoms in total. The number of nitrogen functional groups attached to an aromatic ring is 1. The fraction of sp³-hybridized carbons (Fsp3) is 0.562. The number of rotatable bonds is 5. The molecule has 2 aromatic rings. The summed E-state index contributed by atoms with van der Waals surface area (Å²) >= 11 is 0. The molecule has 142 valence electrons. The summed E-state index contributed by atoms with van der Waals surface area (Å²) in [6, 6.07) is 3.85. The van der Waals surface area contributed by atoms with E-state index < -0.39 is 18.5 Å². The van der Waals surface area contributed by atoms with Gasteiger partial charge in [0.2, 0.25) is 5.91 Å². The molecule has 26 heavy (non-hydrogen) atoms. The van der Waals surface area contributed by atoms with E-state index in [0.717, 1.165) is 30.6 Å². The number of fused-ring (bicyclic) bond motifs is 1. The minimum atomic E-state index is -4.44. The average molecular weight is 370 g/mol. The first kappa shape index (κ1) is 18.4. The number of halogens is 3. The van der Waals surface area contributed by atoms with Crippen molar-refractivity contribution in [3.63, 3.8) is 0 Å². The predicted octanol–water partition coefficient (Wildman–Crippen LogP) is 1.34. The molecule has 0 bridgehead atoms. The fourth-order valence-corrected chi connectivity index (χ4v) is 3.18. The molecule has 1 amide bonds. The number of carbonyl (C=O) groups is 1. The molecule has 1 saturated heterocycles. The third-order valence-corrected chi connectivity index (χ3v) is 4.54. The summed E-state index contributed by atoms with van der Waals surface area (Å²) in [5.74, 6) is -0.403. The lowest BCUT2D eigenvalue weighted by Crippen LogP contribution is -2.49. The number of piperazine rings is 1. The van der Waals surface area contributed by atoms with Gasteiger partial charge in [0.1, 0.15) is 18.3 Å². The van der Waals surface area contributed by atoms with Crippen molar-refractivity contribution >= 4 is 17.2 Å². The molecule has 0 aliphatic carbocycles. The first-order valence-electron chi connectivity index (χ1n) is 8.47. The van der Waals surface area contributed by atoms with Gasteiger partial charge < -0.3 is 10.6 Å². The van der Waals surface area contributed by atoms with Crippen LogP contribution in [0.2, 0.25) is 0 Å². The van der Waals surface area contributed by atoms with Crippen LogP contribution in [0.25, 0.3) is 5.52 Å². The van der Waals surface area contributed by atoms with E-state index in [1.54, 1.807) is 4.52 Å². The van der Waals surface area contributed by atoms with Gasteiger partial charge in [0, 0.05) is 31.9 Å². The molecule has 2 N–H and O–H groups in total. The van der Waals surface area contributed by atoms with Crippen molar-refractivity contribution < 1.29 is 18.0 Å². The highest BCUT2D eigenvalue weighted by Crippen LogP contribution is 2.21. The van der Waals surface area contributed by atoms with E-state index in [4.69, 9.17) is 5.73 Å². The third-order valence-electron chi connectivity index (χ3n) is 4.54. The molecule has 0 atom stereocenters. The number of aryl methyl sites for hydroxylation is 1. The normalized spacial score (nSPS) is 16.3. The Balaban J connectivity index is 1.44. The van der Waals surface area contributed by atoms with E-state index >= 15 is 0 Å². The van der Waals surface area contributed by atoms with Gasteiger partial charge in [0.15, 0.2) is 5.82 Å². The summed E-state index contributed by atoms with van der Waals surface area (Å²) in [4.78, 5) is 19.0.